The molecule has 2 aromatic heterocycles. The number of aromatic nitrogens is 2. The summed E-state index contributed by atoms with van der Waals surface area (Å²) < 4.78 is 0. The molecule has 3 rings (SSSR count). The van der Waals surface area contributed by atoms with Gasteiger partial charge in [-0.2, -0.15) is 0 Å². The van der Waals surface area contributed by atoms with Crippen LogP contribution in [0.5, 0.6) is 0 Å². The van der Waals surface area contributed by atoms with Crippen LogP contribution in [0.3, 0.4) is 0 Å². The quantitative estimate of drug-likeness (QED) is 0.600. The van der Waals surface area contributed by atoms with Crippen LogP contribution in [0, 0.1) is 6.92 Å². The van der Waals surface area contributed by atoms with Crippen LogP contribution in [-0.4, -0.2) is 33.7 Å². The van der Waals surface area contributed by atoms with Gasteiger partial charge in [0.25, 0.3) is 0 Å². The summed E-state index contributed by atoms with van der Waals surface area (Å²) in [5, 5.41) is 7.07. The first-order valence-corrected chi connectivity index (χ1v) is 10.8. The Morgan fingerprint density at radius 3 is 2.81 bits per heavy atom. The van der Waals surface area contributed by atoms with E-state index < -0.39 is 6.03 Å². The molecule has 0 aromatic carbocycles. The molecule has 0 bridgehead atoms. The van der Waals surface area contributed by atoms with E-state index in [0.29, 0.717) is 5.82 Å². The number of rotatable bonds is 5. The van der Waals surface area contributed by atoms with Crippen molar-refractivity contribution in [2.45, 2.75) is 63.9 Å². The van der Waals surface area contributed by atoms with E-state index in [0.717, 1.165) is 34.5 Å². The highest BCUT2D eigenvalue weighted by Crippen LogP contribution is 2.39. The lowest BCUT2D eigenvalue weighted by molar-refractivity contribution is -0.117. The van der Waals surface area contributed by atoms with Crippen molar-refractivity contribution in [3.05, 3.63) is 16.3 Å². The number of imide groups is 1. The number of nitrogens with zero attached hydrogens (tertiary/aromatic N) is 2. The molecule has 3 amide bonds. The first kappa shape index (κ1) is 19.1. The molecule has 1 aliphatic carbocycles. The third-order valence-electron chi connectivity index (χ3n) is 4.48. The number of hydrogen-bond acceptors (Lipinski definition) is 6. The molecular weight excluding hydrogens is 368 g/mol. The molecule has 0 aliphatic heterocycles. The molecule has 2 heterocycles. The number of thioether (sulfide) groups is 1. The van der Waals surface area contributed by atoms with E-state index in [1.807, 2.05) is 20.8 Å². The summed E-state index contributed by atoms with van der Waals surface area (Å²) >= 11 is 3.13. The van der Waals surface area contributed by atoms with Gasteiger partial charge in [0, 0.05) is 16.3 Å². The highest BCUT2D eigenvalue weighted by Gasteiger charge is 2.21. The van der Waals surface area contributed by atoms with Crippen molar-refractivity contribution in [2.75, 3.05) is 5.75 Å². The molecule has 140 valence electrons. The zero-order chi connectivity index (χ0) is 18.7. The molecule has 26 heavy (non-hydrogen) atoms. The van der Waals surface area contributed by atoms with Crippen LogP contribution in [-0.2, 0) is 17.6 Å². The zero-order valence-corrected chi connectivity index (χ0v) is 17.0. The number of nitrogens with one attached hydrogen (secondary N) is 2. The Kier molecular flexibility index (Phi) is 6.13. The third kappa shape index (κ3) is 4.35. The molecule has 0 saturated carbocycles. The molecule has 8 heteroatoms. The molecule has 0 spiro atoms. The lowest BCUT2D eigenvalue weighted by Crippen LogP contribution is -2.43. The Labute approximate surface area is 161 Å². The van der Waals surface area contributed by atoms with E-state index in [9.17, 15) is 9.59 Å². The van der Waals surface area contributed by atoms with Crippen LogP contribution in [0.2, 0.25) is 0 Å². The van der Waals surface area contributed by atoms with Crippen LogP contribution >= 0.6 is 23.1 Å². The summed E-state index contributed by atoms with van der Waals surface area (Å²) in [6, 6.07) is -0.404. The number of hydrogen-bond donors (Lipinski definition) is 2. The van der Waals surface area contributed by atoms with E-state index in [1.165, 1.54) is 35.0 Å². The molecule has 2 aromatic rings. The normalized spacial score (nSPS) is 14.7. The Morgan fingerprint density at radius 2 is 2.04 bits per heavy atom. The number of carbonyl (C=O) groups is 2. The second-order valence-electron chi connectivity index (χ2n) is 6.59. The first-order valence-electron chi connectivity index (χ1n) is 9.00. The fraction of sp³-hybridized carbons (Fsp3) is 0.556. The van der Waals surface area contributed by atoms with Crippen molar-refractivity contribution in [1.29, 1.82) is 0 Å². The Bertz CT molecular complexity index is 834. The smallest absolute Gasteiger partial charge is 0.321 e. The lowest BCUT2D eigenvalue weighted by atomic mass is 9.97. The molecule has 0 fully saturated rings. The monoisotopic (exact) mass is 392 g/mol. The van der Waals surface area contributed by atoms with Gasteiger partial charge in [-0.3, -0.25) is 10.1 Å². The molecule has 6 nitrogen and oxygen atoms in total. The van der Waals surface area contributed by atoms with Gasteiger partial charge in [0.05, 0.1) is 5.75 Å². The lowest BCUT2D eigenvalue weighted by Gasteiger charge is -2.12. The largest absolute Gasteiger partial charge is 0.335 e. The average molecular weight is 393 g/mol. The van der Waals surface area contributed by atoms with Gasteiger partial charge >= 0.3 is 6.03 Å². The van der Waals surface area contributed by atoms with Gasteiger partial charge in [-0.1, -0.05) is 18.7 Å². The second-order valence-corrected chi connectivity index (χ2v) is 8.63. The maximum Gasteiger partial charge on any atom is 0.321 e. The van der Waals surface area contributed by atoms with Crippen LogP contribution in [0.4, 0.5) is 4.79 Å². The summed E-state index contributed by atoms with van der Waals surface area (Å²) in [6.45, 7) is 5.76. The fourth-order valence-corrected chi connectivity index (χ4v) is 5.26. The number of carbonyl (C=O) groups excluding carboxylic acids is 2. The van der Waals surface area contributed by atoms with Gasteiger partial charge in [-0.25, -0.2) is 14.8 Å². The van der Waals surface area contributed by atoms with Gasteiger partial charge in [0.15, 0.2) is 0 Å². The minimum absolute atomic E-state index is 0.0388. The molecule has 0 saturated heterocycles. The summed E-state index contributed by atoms with van der Waals surface area (Å²) in [4.78, 5) is 35.5. The van der Waals surface area contributed by atoms with Crippen molar-refractivity contribution in [1.82, 2.24) is 20.6 Å². The highest BCUT2D eigenvalue weighted by atomic mass is 32.2. The Morgan fingerprint density at radius 1 is 1.27 bits per heavy atom. The molecular formula is C18H24N4O2S2. The van der Waals surface area contributed by atoms with E-state index in [-0.39, 0.29) is 17.7 Å². The topological polar surface area (TPSA) is 84.0 Å². The van der Waals surface area contributed by atoms with Gasteiger partial charge < -0.3 is 5.32 Å². The van der Waals surface area contributed by atoms with Crippen molar-refractivity contribution >= 4 is 45.3 Å². The van der Waals surface area contributed by atoms with Gasteiger partial charge in [0.1, 0.15) is 15.7 Å². The van der Waals surface area contributed by atoms with E-state index in [4.69, 9.17) is 0 Å². The van der Waals surface area contributed by atoms with Crippen molar-refractivity contribution in [2.24, 2.45) is 0 Å². The number of urea groups is 1. The van der Waals surface area contributed by atoms with Gasteiger partial charge in [0.2, 0.25) is 5.91 Å². The third-order valence-corrected chi connectivity index (χ3v) is 6.64. The summed E-state index contributed by atoms with van der Waals surface area (Å²) in [5.74, 6) is 0.558. The maximum atomic E-state index is 12.1. The second kappa shape index (κ2) is 8.35. The van der Waals surface area contributed by atoms with Crippen molar-refractivity contribution in [3.8, 4) is 0 Å². The van der Waals surface area contributed by atoms with Gasteiger partial charge in [-0.15, -0.1) is 11.3 Å². The van der Waals surface area contributed by atoms with Crippen molar-refractivity contribution in [3.63, 3.8) is 0 Å². The molecule has 1 atom stereocenters. The maximum absolute atomic E-state index is 12.1. The van der Waals surface area contributed by atoms with Crippen LogP contribution in [0.25, 0.3) is 10.2 Å². The summed E-state index contributed by atoms with van der Waals surface area (Å²) in [7, 11) is 0. The van der Waals surface area contributed by atoms with E-state index in [2.05, 4.69) is 20.6 Å². The molecule has 0 unspecified atom stereocenters. The summed E-state index contributed by atoms with van der Waals surface area (Å²) in [6.07, 6.45) is 5.39. The number of aryl methyl sites for hydroxylation is 3. The molecule has 1 aliphatic rings. The minimum atomic E-state index is -0.443. The van der Waals surface area contributed by atoms with E-state index >= 15 is 0 Å². The average Bonchev–Trinajstić information content (AvgIpc) is 2.97. The molecule has 2 N–H and O–H groups in total. The van der Waals surface area contributed by atoms with Crippen LogP contribution in [0.1, 0.15) is 49.4 Å². The first-order chi connectivity index (χ1) is 12.5. The highest BCUT2D eigenvalue weighted by molar-refractivity contribution is 8.00. The van der Waals surface area contributed by atoms with Crippen molar-refractivity contribution < 1.29 is 9.59 Å². The number of thiophene rings is 1. The minimum Gasteiger partial charge on any atom is -0.335 e. The van der Waals surface area contributed by atoms with Crippen LogP contribution < -0.4 is 10.6 Å². The fourth-order valence-electron chi connectivity index (χ4n) is 2.99. The number of amides is 3. The van der Waals surface area contributed by atoms with Gasteiger partial charge in [-0.05, 0) is 51.5 Å². The summed E-state index contributed by atoms with van der Waals surface area (Å²) in [5.41, 5.74) is 1.36. The SMILES string of the molecule is CC[C@@H](C)NC(=O)NC(=O)CSc1nc(C)nc2sc3c(c12)CCCC3. The standard InChI is InChI=1S/C18H24N4O2S2/c1-4-10(2)19-18(24)22-14(23)9-25-16-15-12-7-5-6-8-13(12)26-17(15)21-11(3)20-16/h10H,4-9H2,1-3H3,(H2,19,22,23,24)/t10-/m1/s1. The predicted molar refractivity (Wildman–Crippen MR) is 106 cm³/mol. The van der Waals surface area contributed by atoms with E-state index in [1.54, 1.807) is 11.3 Å². The molecule has 0 radical (unpaired) electrons. The zero-order valence-electron chi connectivity index (χ0n) is 15.3. The Balaban J connectivity index is 1.71. The number of fused-ring (bicyclic) bond motifs is 3. The predicted octanol–water partition coefficient (Wildman–Crippen LogP) is 3.59. The van der Waals surface area contributed by atoms with Crippen LogP contribution in [0.15, 0.2) is 5.03 Å². The Hall–Kier alpha value is -1.67.